The van der Waals surface area contributed by atoms with Gasteiger partial charge in [-0.1, -0.05) is 12.5 Å². The highest BCUT2D eigenvalue weighted by atomic mass is 32.2. The summed E-state index contributed by atoms with van der Waals surface area (Å²) in [6.07, 6.45) is 4.29. The predicted octanol–water partition coefficient (Wildman–Crippen LogP) is 2.23. The minimum absolute atomic E-state index is 0.0598. The fourth-order valence-electron chi connectivity index (χ4n) is 2.83. The number of rotatable bonds is 6. The van der Waals surface area contributed by atoms with Crippen molar-refractivity contribution >= 4 is 21.8 Å². The number of hydrogen-bond acceptors (Lipinski definition) is 5. The van der Waals surface area contributed by atoms with Crippen LogP contribution < -0.4 is 0 Å². The first-order valence-corrected chi connectivity index (χ1v) is 9.86. The molecule has 3 rings (SSSR count). The van der Waals surface area contributed by atoms with Crippen LogP contribution in [-0.4, -0.2) is 49.2 Å². The molecule has 0 radical (unpaired) electrons. The minimum Gasteiger partial charge on any atom is -0.454 e. The number of hydrogen-bond donors (Lipinski definition) is 1. The van der Waals surface area contributed by atoms with Crippen molar-refractivity contribution in [2.24, 2.45) is 0 Å². The summed E-state index contributed by atoms with van der Waals surface area (Å²) in [4.78, 5) is 26.8. The lowest BCUT2D eigenvalue weighted by atomic mass is 10.2. The highest BCUT2D eigenvalue weighted by molar-refractivity contribution is 7.89. The van der Waals surface area contributed by atoms with E-state index < -0.39 is 22.6 Å². The number of aromatic amines is 1. The van der Waals surface area contributed by atoms with Crippen molar-refractivity contribution in [3.8, 4) is 0 Å². The molecule has 0 saturated carbocycles. The molecule has 1 aromatic carbocycles. The zero-order chi connectivity index (χ0) is 18.6. The highest BCUT2D eigenvalue weighted by Gasteiger charge is 2.26. The van der Waals surface area contributed by atoms with Gasteiger partial charge >= 0.3 is 5.97 Å². The summed E-state index contributed by atoms with van der Waals surface area (Å²) in [7, 11) is -3.63. The van der Waals surface area contributed by atoms with Gasteiger partial charge < -0.3 is 9.72 Å². The highest BCUT2D eigenvalue weighted by Crippen LogP contribution is 2.21. The Morgan fingerprint density at radius 1 is 1.08 bits per heavy atom. The Morgan fingerprint density at radius 3 is 2.54 bits per heavy atom. The molecule has 0 atom stereocenters. The second-order valence-corrected chi connectivity index (χ2v) is 8.01. The lowest BCUT2D eigenvalue weighted by Crippen LogP contribution is -2.35. The molecular weight excluding hydrogens is 356 g/mol. The Labute approximate surface area is 152 Å². The third-order valence-corrected chi connectivity index (χ3v) is 6.15. The maximum atomic E-state index is 12.7. The maximum Gasteiger partial charge on any atom is 0.338 e. The normalized spacial score (nSPS) is 15.5. The van der Waals surface area contributed by atoms with Crippen LogP contribution in [0.5, 0.6) is 0 Å². The first-order valence-electron chi connectivity index (χ1n) is 8.42. The van der Waals surface area contributed by atoms with E-state index in [-0.39, 0.29) is 16.2 Å². The number of ketones is 1. The van der Waals surface area contributed by atoms with E-state index in [0.717, 1.165) is 19.3 Å². The topological polar surface area (TPSA) is 96.5 Å². The Hall–Kier alpha value is -2.45. The molecule has 0 aliphatic carbocycles. The second-order valence-electron chi connectivity index (χ2n) is 6.08. The van der Waals surface area contributed by atoms with Crippen LogP contribution in [0.25, 0.3) is 0 Å². The van der Waals surface area contributed by atoms with Crippen molar-refractivity contribution in [1.82, 2.24) is 9.29 Å². The molecule has 1 saturated heterocycles. The van der Waals surface area contributed by atoms with Crippen molar-refractivity contribution in [3.63, 3.8) is 0 Å². The van der Waals surface area contributed by atoms with Crippen LogP contribution in [0.1, 0.15) is 40.1 Å². The zero-order valence-corrected chi connectivity index (χ0v) is 15.0. The summed E-state index contributed by atoms with van der Waals surface area (Å²) in [5, 5.41) is 0. The number of aromatic nitrogens is 1. The molecule has 1 aromatic heterocycles. The van der Waals surface area contributed by atoms with E-state index in [0.29, 0.717) is 18.8 Å². The van der Waals surface area contributed by atoms with Crippen LogP contribution in [0, 0.1) is 0 Å². The molecule has 0 spiro atoms. The second kappa shape index (κ2) is 7.84. The van der Waals surface area contributed by atoms with Crippen LogP contribution >= 0.6 is 0 Å². The average molecular weight is 376 g/mol. The summed E-state index contributed by atoms with van der Waals surface area (Å²) in [5.74, 6) is -1.10. The monoisotopic (exact) mass is 376 g/mol. The van der Waals surface area contributed by atoms with Crippen LogP contribution in [-0.2, 0) is 14.8 Å². The van der Waals surface area contributed by atoms with Crippen molar-refractivity contribution in [1.29, 1.82) is 0 Å². The van der Waals surface area contributed by atoms with Crippen LogP contribution in [0.15, 0.2) is 47.5 Å². The Balaban J connectivity index is 1.70. The van der Waals surface area contributed by atoms with Gasteiger partial charge in [-0.3, -0.25) is 4.79 Å². The molecule has 26 heavy (non-hydrogen) atoms. The molecule has 2 heterocycles. The summed E-state index contributed by atoms with van der Waals surface area (Å²) in [5.41, 5.74) is 0.446. The largest absolute Gasteiger partial charge is 0.454 e. The molecule has 1 aliphatic rings. The average Bonchev–Trinajstić information content (AvgIpc) is 3.21. The van der Waals surface area contributed by atoms with Gasteiger partial charge in [0.05, 0.1) is 16.2 Å². The molecule has 0 bridgehead atoms. The van der Waals surface area contributed by atoms with Crippen LogP contribution in [0.2, 0.25) is 0 Å². The molecule has 8 heteroatoms. The van der Waals surface area contributed by atoms with E-state index in [1.54, 1.807) is 18.3 Å². The number of sulfonamides is 1. The minimum atomic E-state index is -3.63. The molecule has 0 unspecified atom stereocenters. The fraction of sp³-hybridized carbons (Fsp3) is 0.333. The van der Waals surface area contributed by atoms with E-state index >= 15 is 0 Å². The number of esters is 1. The molecule has 1 aliphatic heterocycles. The number of nitrogens with one attached hydrogen (secondary N) is 1. The standard InChI is InChI=1S/C18H20N2O5S/c21-17(16-8-5-9-19-16)13-25-18(22)14-6-4-7-15(12-14)26(23,24)20-10-2-1-3-11-20/h4-9,12,19H,1-3,10-11,13H2. The third-order valence-electron chi connectivity index (χ3n) is 4.26. The number of nitrogens with zero attached hydrogens (tertiary/aromatic N) is 1. The van der Waals surface area contributed by atoms with E-state index in [9.17, 15) is 18.0 Å². The number of benzene rings is 1. The van der Waals surface area contributed by atoms with Crippen molar-refractivity contribution in [3.05, 3.63) is 53.9 Å². The molecular formula is C18H20N2O5S. The predicted molar refractivity (Wildman–Crippen MR) is 94.5 cm³/mol. The summed E-state index contributed by atoms with van der Waals surface area (Å²) in [6, 6.07) is 8.99. The molecule has 138 valence electrons. The lowest BCUT2D eigenvalue weighted by molar-refractivity contribution is 0.0473. The summed E-state index contributed by atoms with van der Waals surface area (Å²) < 4.78 is 31.8. The van der Waals surface area contributed by atoms with E-state index in [2.05, 4.69) is 4.98 Å². The van der Waals surface area contributed by atoms with Crippen molar-refractivity contribution in [2.75, 3.05) is 19.7 Å². The van der Waals surface area contributed by atoms with Gasteiger partial charge in [0.1, 0.15) is 0 Å². The Bertz CT molecular complexity index is 884. The van der Waals surface area contributed by atoms with Gasteiger partial charge in [0.2, 0.25) is 15.8 Å². The molecule has 0 amide bonds. The van der Waals surface area contributed by atoms with Gasteiger partial charge in [0, 0.05) is 19.3 Å². The first kappa shape index (κ1) is 18.3. The molecule has 7 nitrogen and oxygen atoms in total. The van der Waals surface area contributed by atoms with Crippen molar-refractivity contribution < 1.29 is 22.7 Å². The molecule has 2 aromatic rings. The van der Waals surface area contributed by atoms with Crippen LogP contribution in [0.3, 0.4) is 0 Å². The SMILES string of the molecule is O=C(OCC(=O)c1ccc[nH]1)c1cccc(S(=O)(=O)N2CCCCC2)c1. The summed E-state index contributed by atoms with van der Waals surface area (Å²) in [6.45, 7) is 0.561. The zero-order valence-electron chi connectivity index (χ0n) is 14.2. The number of carbonyl (C=O) groups is 2. The van der Waals surface area contributed by atoms with Gasteiger partial charge in [-0.05, 0) is 43.2 Å². The number of ether oxygens (including phenoxy) is 1. The number of H-pyrrole nitrogens is 1. The van der Waals surface area contributed by atoms with E-state index in [1.807, 2.05) is 0 Å². The van der Waals surface area contributed by atoms with Gasteiger partial charge in [0.15, 0.2) is 6.61 Å². The van der Waals surface area contributed by atoms with Gasteiger partial charge in [-0.15, -0.1) is 0 Å². The number of carbonyl (C=O) groups excluding carboxylic acids is 2. The summed E-state index contributed by atoms with van der Waals surface area (Å²) >= 11 is 0. The van der Waals surface area contributed by atoms with Gasteiger partial charge in [-0.25, -0.2) is 13.2 Å². The molecule has 1 fully saturated rings. The molecule has 1 N–H and O–H groups in total. The van der Waals surface area contributed by atoms with Crippen molar-refractivity contribution in [2.45, 2.75) is 24.2 Å². The number of piperidine rings is 1. The Kier molecular flexibility index (Phi) is 5.53. The number of Topliss-reactive ketones (excluding diaryl/α,β-unsaturated/α-hetero) is 1. The third kappa shape index (κ3) is 4.03. The van der Waals surface area contributed by atoms with Gasteiger partial charge in [-0.2, -0.15) is 4.31 Å². The lowest BCUT2D eigenvalue weighted by Gasteiger charge is -2.25. The smallest absolute Gasteiger partial charge is 0.338 e. The quantitative estimate of drug-likeness (QED) is 0.616. The van der Waals surface area contributed by atoms with E-state index in [1.165, 1.54) is 28.6 Å². The van der Waals surface area contributed by atoms with Gasteiger partial charge in [0.25, 0.3) is 0 Å². The van der Waals surface area contributed by atoms with Crippen LogP contribution in [0.4, 0.5) is 0 Å². The maximum absolute atomic E-state index is 12.7. The first-order chi connectivity index (χ1) is 12.5. The fourth-order valence-corrected chi connectivity index (χ4v) is 4.40. The Morgan fingerprint density at radius 2 is 1.85 bits per heavy atom. The van der Waals surface area contributed by atoms with E-state index in [4.69, 9.17) is 4.74 Å².